The molecule has 22 heavy (non-hydrogen) atoms. The summed E-state index contributed by atoms with van der Waals surface area (Å²) in [5, 5.41) is 0. The monoisotopic (exact) mass is 313 g/mol. The van der Waals surface area contributed by atoms with Crippen LogP contribution in [0.1, 0.15) is 16.2 Å². The van der Waals surface area contributed by atoms with Crippen LogP contribution in [-0.4, -0.2) is 52.8 Å². The number of benzene rings is 1. The number of aryl methyl sites for hydroxylation is 1. The minimum atomic E-state index is -4.48. The van der Waals surface area contributed by atoms with Crippen molar-refractivity contribution in [2.45, 2.75) is 19.2 Å². The Morgan fingerprint density at radius 3 is 2.95 bits per heavy atom. The molecule has 118 valence electrons. The molecular weight excluding hydrogens is 299 g/mol. The Morgan fingerprint density at radius 2 is 2.23 bits per heavy atom. The number of hydrogen-bond acceptors (Lipinski definition) is 3. The van der Waals surface area contributed by atoms with Crippen LogP contribution in [-0.2, 0) is 4.74 Å². The molecule has 0 aliphatic carbocycles. The predicted molar refractivity (Wildman–Crippen MR) is 72.5 cm³/mol. The van der Waals surface area contributed by atoms with E-state index in [0.29, 0.717) is 22.4 Å². The van der Waals surface area contributed by atoms with Gasteiger partial charge in [0.25, 0.3) is 5.91 Å². The summed E-state index contributed by atoms with van der Waals surface area (Å²) in [4.78, 5) is 21.0. The summed E-state index contributed by atoms with van der Waals surface area (Å²) in [6.07, 6.45) is -6.42. The molecule has 0 radical (unpaired) electrons. The number of nitrogens with zero attached hydrogens (tertiary/aromatic N) is 2. The van der Waals surface area contributed by atoms with E-state index >= 15 is 0 Å². The maximum Gasteiger partial charge on any atom is 0.416 e. The first kappa shape index (κ1) is 14.8. The molecule has 0 bridgehead atoms. The molecular formula is C14H14F3N3O2. The molecule has 1 N–H and O–H groups in total. The van der Waals surface area contributed by atoms with Gasteiger partial charge in [0.2, 0.25) is 0 Å². The van der Waals surface area contributed by atoms with Crippen molar-refractivity contribution in [3.8, 4) is 0 Å². The zero-order valence-electron chi connectivity index (χ0n) is 11.8. The Morgan fingerprint density at radius 1 is 1.45 bits per heavy atom. The fraction of sp³-hybridized carbons (Fsp3) is 0.429. The molecule has 1 fully saturated rings. The zero-order chi connectivity index (χ0) is 15.9. The fourth-order valence-corrected chi connectivity index (χ4v) is 2.53. The Labute approximate surface area is 124 Å². The molecule has 2 heterocycles. The van der Waals surface area contributed by atoms with Gasteiger partial charge < -0.3 is 14.6 Å². The summed E-state index contributed by atoms with van der Waals surface area (Å²) in [7, 11) is 0. The minimum Gasteiger partial charge on any atom is -0.365 e. The van der Waals surface area contributed by atoms with Crippen LogP contribution >= 0.6 is 0 Å². The van der Waals surface area contributed by atoms with E-state index in [9.17, 15) is 18.0 Å². The van der Waals surface area contributed by atoms with Gasteiger partial charge in [0, 0.05) is 6.54 Å². The maximum absolute atomic E-state index is 12.8. The van der Waals surface area contributed by atoms with Crippen molar-refractivity contribution in [2.75, 3.05) is 19.7 Å². The average molecular weight is 313 g/mol. The Hall–Kier alpha value is -2.09. The van der Waals surface area contributed by atoms with E-state index in [4.69, 9.17) is 4.74 Å². The molecule has 8 heteroatoms. The van der Waals surface area contributed by atoms with E-state index in [1.165, 1.54) is 4.90 Å². The van der Waals surface area contributed by atoms with Crippen molar-refractivity contribution in [3.63, 3.8) is 0 Å². The highest BCUT2D eigenvalue weighted by molar-refractivity contribution is 6.04. The highest BCUT2D eigenvalue weighted by Gasteiger charge is 2.44. The number of imidazole rings is 1. The maximum atomic E-state index is 12.8. The molecule has 0 saturated carbocycles. The Bertz CT molecular complexity index is 711. The number of ether oxygens (including phenoxy) is 1. The van der Waals surface area contributed by atoms with Crippen molar-refractivity contribution >= 4 is 16.9 Å². The Kier molecular flexibility index (Phi) is 3.56. The molecule has 1 aromatic carbocycles. The number of nitrogens with one attached hydrogen (secondary N) is 1. The first-order valence-electron chi connectivity index (χ1n) is 6.79. The topological polar surface area (TPSA) is 58.2 Å². The van der Waals surface area contributed by atoms with Gasteiger partial charge in [-0.3, -0.25) is 4.79 Å². The van der Waals surface area contributed by atoms with E-state index in [0.717, 1.165) is 0 Å². The standard InChI is InChI=1S/C14H14F3N3O2/c1-8-18-10-4-2-3-9(12(10)19-8)13(21)20-5-6-22-11(7-20)14(15,16)17/h2-4,11H,5-7H2,1H3,(H,18,19). The number of hydrogen-bond donors (Lipinski definition) is 1. The normalized spacial score (nSPS) is 19.6. The molecule has 1 saturated heterocycles. The second-order valence-electron chi connectivity index (χ2n) is 5.18. The Balaban J connectivity index is 1.89. The molecule has 1 aliphatic rings. The van der Waals surface area contributed by atoms with Crippen LogP contribution in [0.15, 0.2) is 18.2 Å². The lowest BCUT2D eigenvalue weighted by Crippen LogP contribution is -2.51. The second-order valence-corrected chi connectivity index (χ2v) is 5.18. The second kappa shape index (κ2) is 5.28. The number of carbonyl (C=O) groups is 1. The van der Waals surface area contributed by atoms with Gasteiger partial charge in [-0.25, -0.2) is 4.98 Å². The van der Waals surface area contributed by atoms with E-state index in [1.807, 2.05) is 0 Å². The number of rotatable bonds is 1. The number of alkyl halides is 3. The van der Waals surface area contributed by atoms with Crippen molar-refractivity contribution < 1.29 is 22.7 Å². The highest BCUT2D eigenvalue weighted by Crippen LogP contribution is 2.27. The van der Waals surface area contributed by atoms with Crippen LogP contribution in [0.2, 0.25) is 0 Å². The summed E-state index contributed by atoms with van der Waals surface area (Å²) < 4.78 is 43.0. The number of aromatic nitrogens is 2. The number of fused-ring (bicyclic) bond motifs is 1. The summed E-state index contributed by atoms with van der Waals surface area (Å²) in [6.45, 7) is 1.25. The van der Waals surface area contributed by atoms with Crippen molar-refractivity contribution in [3.05, 3.63) is 29.6 Å². The van der Waals surface area contributed by atoms with Gasteiger partial charge in [-0.1, -0.05) is 6.07 Å². The fourth-order valence-electron chi connectivity index (χ4n) is 2.53. The number of H-pyrrole nitrogens is 1. The first-order chi connectivity index (χ1) is 10.4. The molecule has 1 aliphatic heterocycles. The van der Waals surface area contributed by atoms with Crippen LogP contribution < -0.4 is 0 Å². The van der Waals surface area contributed by atoms with E-state index in [1.54, 1.807) is 25.1 Å². The number of amides is 1. The summed E-state index contributed by atoms with van der Waals surface area (Å²) in [5.41, 5.74) is 1.45. The number of para-hydroxylation sites is 1. The average Bonchev–Trinajstić information content (AvgIpc) is 2.85. The van der Waals surface area contributed by atoms with E-state index in [2.05, 4.69) is 9.97 Å². The van der Waals surface area contributed by atoms with Gasteiger partial charge in [0.05, 0.1) is 24.2 Å². The molecule has 1 atom stereocenters. The number of carbonyl (C=O) groups excluding carboxylic acids is 1. The molecule has 1 aromatic heterocycles. The van der Waals surface area contributed by atoms with Crippen LogP contribution in [0, 0.1) is 6.92 Å². The molecule has 3 rings (SSSR count). The highest BCUT2D eigenvalue weighted by atomic mass is 19.4. The third-order valence-electron chi connectivity index (χ3n) is 3.58. The minimum absolute atomic E-state index is 0.130. The molecule has 1 amide bonds. The third-order valence-corrected chi connectivity index (χ3v) is 3.58. The SMILES string of the molecule is Cc1nc2c(C(=O)N3CCOC(C(F)(F)F)C3)cccc2[nH]1. The van der Waals surface area contributed by atoms with Gasteiger partial charge in [-0.05, 0) is 19.1 Å². The van der Waals surface area contributed by atoms with Crippen LogP contribution in [0.3, 0.4) is 0 Å². The van der Waals surface area contributed by atoms with E-state index < -0.39 is 24.7 Å². The van der Waals surface area contributed by atoms with E-state index in [-0.39, 0.29) is 13.2 Å². The van der Waals surface area contributed by atoms with Gasteiger partial charge in [-0.15, -0.1) is 0 Å². The zero-order valence-corrected chi connectivity index (χ0v) is 11.8. The molecule has 2 aromatic rings. The van der Waals surface area contributed by atoms with Crippen molar-refractivity contribution in [1.82, 2.24) is 14.9 Å². The lowest BCUT2D eigenvalue weighted by Gasteiger charge is -2.33. The van der Waals surface area contributed by atoms with Gasteiger partial charge in [0.1, 0.15) is 11.3 Å². The smallest absolute Gasteiger partial charge is 0.365 e. The summed E-state index contributed by atoms with van der Waals surface area (Å²) in [5.74, 6) is 0.181. The van der Waals surface area contributed by atoms with Crippen LogP contribution in [0.4, 0.5) is 13.2 Å². The summed E-state index contributed by atoms with van der Waals surface area (Å²) in [6, 6.07) is 5.02. The van der Waals surface area contributed by atoms with Crippen molar-refractivity contribution in [1.29, 1.82) is 0 Å². The quantitative estimate of drug-likeness (QED) is 0.878. The van der Waals surface area contributed by atoms with Gasteiger partial charge in [-0.2, -0.15) is 13.2 Å². The van der Waals surface area contributed by atoms with Crippen LogP contribution in [0.5, 0.6) is 0 Å². The van der Waals surface area contributed by atoms with Gasteiger partial charge >= 0.3 is 6.18 Å². The largest absolute Gasteiger partial charge is 0.416 e. The number of halogens is 3. The molecule has 5 nitrogen and oxygen atoms in total. The number of aromatic amines is 1. The van der Waals surface area contributed by atoms with Crippen molar-refractivity contribution in [2.24, 2.45) is 0 Å². The third kappa shape index (κ3) is 2.66. The lowest BCUT2D eigenvalue weighted by molar-refractivity contribution is -0.233. The molecule has 0 spiro atoms. The molecule has 1 unspecified atom stereocenters. The lowest BCUT2D eigenvalue weighted by atomic mass is 10.1. The van der Waals surface area contributed by atoms with Gasteiger partial charge in [0.15, 0.2) is 6.10 Å². The number of morpholine rings is 1. The van der Waals surface area contributed by atoms with Crippen LogP contribution in [0.25, 0.3) is 11.0 Å². The first-order valence-corrected chi connectivity index (χ1v) is 6.79. The summed E-state index contributed by atoms with van der Waals surface area (Å²) >= 11 is 0. The predicted octanol–water partition coefficient (Wildman–Crippen LogP) is 2.27.